The van der Waals surface area contributed by atoms with Crippen LogP contribution in [0.1, 0.15) is 84.0 Å². The fourth-order valence-electron chi connectivity index (χ4n) is 2.23. The van der Waals surface area contributed by atoms with E-state index in [1.807, 2.05) is 5.32 Å². The molecule has 0 unspecified atom stereocenters. The molecule has 5 heteroatoms. The summed E-state index contributed by atoms with van der Waals surface area (Å²) in [6, 6.07) is 0. The number of carboxylic acid groups (broad SMARTS) is 1. The molecule has 1 atom stereocenters. The van der Waals surface area contributed by atoms with Crippen LogP contribution in [-0.2, 0) is 9.59 Å². The van der Waals surface area contributed by atoms with Gasteiger partial charge in [0.05, 0.1) is 5.97 Å². The predicted octanol–water partition coefficient (Wildman–Crippen LogP) is 1.87. The molecule has 5 nitrogen and oxygen atoms in total. The molecular formula is C16H30NO4-. The van der Waals surface area contributed by atoms with Gasteiger partial charge in [0, 0.05) is 6.42 Å². The van der Waals surface area contributed by atoms with Crippen LogP contribution in [0.3, 0.4) is 0 Å². The van der Waals surface area contributed by atoms with Crippen molar-refractivity contribution in [1.29, 1.82) is 0 Å². The Morgan fingerprint density at radius 2 is 1.33 bits per heavy atom. The fraction of sp³-hybridized carbons (Fsp3) is 0.875. The Morgan fingerprint density at radius 1 is 0.905 bits per heavy atom. The van der Waals surface area contributed by atoms with Gasteiger partial charge in [0.25, 0.3) is 0 Å². The minimum Gasteiger partial charge on any atom is -0.545 e. The molecule has 21 heavy (non-hydrogen) atoms. The molecule has 0 aromatic heterocycles. The number of unbranched alkanes of at least 4 members (excludes halogenated alkanes) is 10. The molecule has 0 radical (unpaired) electrons. The molecule has 2 N–H and O–H groups in total. The van der Waals surface area contributed by atoms with Gasteiger partial charge in [-0.1, -0.05) is 71.1 Å². The molecule has 1 amide bonds. The Morgan fingerprint density at radius 3 is 1.76 bits per heavy atom. The molecule has 0 fully saturated rings. The van der Waals surface area contributed by atoms with Gasteiger partial charge in [0.2, 0.25) is 5.91 Å². The second-order valence-corrected chi connectivity index (χ2v) is 5.57. The van der Waals surface area contributed by atoms with Gasteiger partial charge in [-0.15, -0.1) is 0 Å². The molecule has 0 heterocycles. The molecule has 124 valence electrons. The lowest BCUT2D eigenvalue weighted by Gasteiger charge is -2.13. The second-order valence-electron chi connectivity index (χ2n) is 5.57. The summed E-state index contributed by atoms with van der Waals surface area (Å²) in [4.78, 5) is 21.5. The molecular weight excluding hydrogens is 270 g/mol. The molecule has 0 bridgehead atoms. The molecule has 0 aliphatic heterocycles. The Labute approximate surface area is 128 Å². The molecule has 0 rings (SSSR count). The average Bonchev–Trinajstić information content (AvgIpc) is 2.44. The van der Waals surface area contributed by atoms with Crippen LogP contribution in [0.5, 0.6) is 0 Å². The topological polar surface area (TPSA) is 89.5 Å². The van der Waals surface area contributed by atoms with Crippen LogP contribution < -0.4 is 10.4 Å². The van der Waals surface area contributed by atoms with E-state index in [9.17, 15) is 14.7 Å². The highest BCUT2D eigenvalue weighted by Crippen LogP contribution is 2.11. The van der Waals surface area contributed by atoms with Crippen LogP contribution in [0, 0.1) is 0 Å². The van der Waals surface area contributed by atoms with Gasteiger partial charge < -0.3 is 20.3 Å². The number of hydrogen-bond acceptors (Lipinski definition) is 4. The first-order valence-corrected chi connectivity index (χ1v) is 8.26. The summed E-state index contributed by atoms with van der Waals surface area (Å²) in [5.41, 5.74) is 0. The Hall–Kier alpha value is -1.10. The zero-order chi connectivity index (χ0) is 15.9. The summed E-state index contributed by atoms with van der Waals surface area (Å²) in [5, 5.41) is 21.1. The van der Waals surface area contributed by atoms with Crippen molar-refractivity contribution in [3.05, 3.63) is 0 Å². The van der Waals surface area contributed by atoms with Crippen molar-refractivity contribution in [2.45, 2.75) is 90.2 Å². The van der Waals surface area contributed by atoms with Crippen LogP contribution >= 0.6 is 0 Å². The number of carbonyl (C=O) groups is 2. The van der Waals surface area contributed by atoms with Crippen molar-refractivity contribution in [2.75, 3.05) is 0 Å². The van der Waals surface area contributed by atoms with Gasteiger partial charge in [0.1, 0.15) is 0 Å². The van der Waals surface area contributed by atoms with Gasteiger partial charge in [-0.25, -0.2) is 0 Å². The minimum atomic E-state index is -1.90. The molecule has 0 aromatic rings. The first kappa shape index (κ1) is 19.9. The summed E-state index contributed by atoms with van der Waals surface area (Å²) in [6.45, 7) is 2.22. The number of aliphatic carboxylic acids is 1. The maximum Gasteiger partial charge on any atom is 0.222 e. The second kappa shape index (κ2) is 13.9. The van der Waals surface area contributed by atoms with E-state index >= 15 is 0 Å². The first-order valence-electron chi connectivity index (χ1n) is 8.26. The number of hydrogen-bond donors (Lipinski definition) is 2. The van der Waals surface area contributed by atoms with E-state index in [1.54, 1.807) is 0 Å². The number of amides is 1. The number of carboxylic acids is 1. The van der Waals surface area contributed by atoms with Gasteiger partial charge >= 0.3 is 0 Å². The van der Waals surface area contributed by atoms with Crippen molar-refractivity contribution >= 4 is 11.9 Å². The highest BCUT2D eigenvalue weighted by Gasteiger charge is 2.08. The van der Waals surface area contributed by atoms with Crippen molar-refractivity contribution in [2.24, 2.45) is 0 Å². The summed E-state index contributed by atoms with van der Waals surface area (Å²) in [5.74, 6) is -2.12. The minimum absolute atomic E-state index is 0.251. The normalized spacial score (nSPS) is 12.1. The first-order chi connectivity index (χ1) is 10.1. The maximum absolute atomic E-state index is 11.3. The average molecular weight is 300 g/mol. The van der Waals surface area contributed by atoms with E-state index < -0.39 is 18.1 Å². The monoisotopic (exact) mass is 300 g/mol. The van der Waals surface area contributed by atoms with Crippen molar-refractivity contribution in [3.63, 3.8) is 0 Å². The molecule has 0 aliphatic rings. The lowest BCUT2D eigenvalue weighted by molar-refractivity contribution is -0.316. The van der Waals surface area contributed by atoms with E-state index in [0.717, 1.165) is 19.3 Å². The maximum atomic E-state index is 11.3. The van der Waals surface area contributed by atoms with Gasteiger partial charge in [-0.3, -0.25) is 4.79 Å². The molecule has 0 aromatic carbocycles. The van der Waals surface area contributed by atoms with Crippen molar-refractivity contribution in [1.82, 2.24) is 5.32 Å². The fourth-order valence-corrected chi connectivity index (χ4v) is 2.23. The zero-order valence-electron chi connectivity index (χ0n) is 13.2. The van der Waals surface area contributed by atoms with Crippen LogP contribution in [0.4, 0.5) is 0 Å². The number of aliphatic hydroxyl groups is 1. The lowest BCUT2D eigenvalue weighted by Crippen LogP contribution is -2.47. The Balaban J connectivity index is 3.25. The van der Waals surface area contributed by atoms with E-state index in [2.05, 4.69) is 6.92 Å². The number of carbonyl (C=O) groups excluding carboxylic acids is 2. The largest absolute Gasteiger partial charge is 0.545 e. The number of aliphatic hydroxyl groups excluding tert-OH is 1. The standard InChI is InChI=1S/C16H31NO4/c1-2-3-4-5-6-7-8-9-10-11-12-13-14(18)17-15(19)16(20)21/h15,19H,2-13H2,1H3,(H,17,18)(H,20,21)/p-1/t15-/m0/s1. The van der Waals surface area contributed by atoms with E-state index in [0.29, 0.717) is 0 Å². The number of rotatable bonds is 14. The summed E-state index contributed by atoms with van der Waals surface area (Å²) >= 11 is 0. The van der Waals surface area contributed by atoms with E-state index in [4.69, 9.17) is 5.11 Å². The van der Waals surface area contributed by atoms with Gasteiger partial charge in [-0.2, -0.15) is 0 Å². The SMILES string of the molecule is CCCCCCCCCCCCCC(=O)N[C@@H](O)C(=O)[O-]. The van der Waals surface area contributed by atoms with Crippen molar-refractivity contribution in [3.8, 4) is 0 Å². The lowest BCUT2D eigenvalue weighted by atomic mass is 10.1. The predicted molar refractivity (Wildman–Crippen MR) is 80.2 cm³/mol. The third kappa shape index (κ3) is 13.6. The molecule has 0 aliphatic carbocycles. The highest BCUT2D eigenvalue weighted by molar-refractivity contribution is 5.81. The van der Waals surface area contributed by atoms with Crippen LogP contribution in [0.15, 0.2) is 0 Å². The number of nitrogens with one attached hydrogen (secondary N) is 1. The molecule has 0 saturated carbocycles. The van der Waals surface area contributed by atoms with Crippen LogP contribution in [-0.4, -0.2) is 23.2 Å². The quantitative estimate of drug-likeness (QED) is 0.378. The molecule has 0 spiro atoms. The molecule has 0 saturated heterocycles. The van der Waals surface area contributed by atoms with Gasteiger partial charge in [-0.05, 0) is 6.42 Å². The third-order valence-corrected chi connectivity index (χ3v) is 3.53. The van der Waals surface area contributed by atoms with E-state index in [-0.39, 0.29) is 6.42 Å². The van der Waals surface area contributed by atoms with Crippen molar-refractivity contribution < 1.29 is 19.8 Å². The summed E-state index contributed by atoms with van der Waals surface area (Å²) in [6.07, 6.45) is 11.5. The zero-order valence-corrected chi connectivity index (χ0v) is 13.2. The summed E-state index contributed by atoms with van der Waals surface area (Å²) < 4.78 is 0. The highest BCUT2D eigenvalue weighted by atomic mass is 16.4. The smallest absolute Gasteiger partial charge is 0.222 e. The van der Waals surface area contributed by atoms with E-state index in [1.165, 1.54) is 51.4 Å². The van der Waals surface area contributed by atoms with Crippen LogP contribution in [0.25, 0.3) is 0 Å². The summed E-state index contributed by atoms with van der Waals surface area (Å²) in [7, 11) is 0. The van der Waals surface area contributed by atoms with Crippen LogP contribution in [0.2, 0.25) is 0 Å². The third-order valence-electron chi connectivity index (χ3n) is 3.53. The Bertz CT molecular complexity index is 281. The Kier molecular flexibility index (Phi) is 13.1. The van der Waals surface area contributed by atoms with Gasteiger partial charge in [0.15, 0.2) is 6.23 Å².